The average molecular weight is 775 g/mol. The van der Waals surface area contributed by atoms with E-state index in [9.17, 15) is 23.9 Å². The smallest absolute Gasteiger partial charge is 0.411 e. The van der Waals surface area contributed by atoms with Crippen LogP contribution in [0.2, 0.25) is 0 Å². The van der Waals surface area contributed by atoms with Gasteiger partial charge in [0, 0.05) is 35.0 Å². The largest absolute Gasteiger partial charge is 0.459 e. The van der Waals surface area contributed by atoms with Crippen LogP contribution in [0.4, 0.5) is 24.1 Å². The van der Waals surface area contributed by atoms with Gasteiger partial charge in [0.15, 0.2) is 11.9 Å². The van der Waals surface area contributed by atoms with E-state index in [1.807, 2.05) is 0 Å². The first kappa shape index (κ1) is 40.1. The summed E-state index contributed by atoms with van der Waals surface area (Å²) in [4.78, 5) is 47.0. The average Bonchev–Trinajstić information content (AvgIpc) is 3.86. The number of anilines is 1. The van der Waals surface area contributed by atoms with E-state index in [2.05, 4.69) is 21.5 Å². The maximum atomic E-state index is 15.5. The quantitative estimate of drug-likeness (QED) is 0.0817. The number of nitrogens with zero attached hydrogens (tertiary/aromatic N) is 6. The van der Waals surface area contributed by atoms with Gasteiger partial charge in [-0.15, -0.1) is 15.9 Å². The van der Waals surface area contributed by atoms with Crippen molar-refractivity contribution >= 4 is 47.9 Å². The van der Waals surface area contributed by atoms with Crippen LogP contribution in [0.1, 0.15) is 41.5 Å². The Bertz CT molecular complexity index is 2110. The van der Waals surface area contributed by atoms with Crippen LogP contribution in [0.15, 0.2) is 82.2 Å². The molecular formula is C38H38F2N7O7S+. The monoisotopic (exact) mass is 774 g/mol. The molecule has 17 heteroatoms. The van der Waals surface area contributed by atoms with E-state index < -0.39 is 45.9 Å². The van der Waals surface area contributed by atoms with E-state index >= 15 is 4.39 Å². The number of aromatic nitrogens is 1. The molecule has 3 aromatic carbocycles. The second kappa shape index (κ2) is 17.8. The Hall–Kier alpha value is -6.09. The lowest BCUT2D eigenvalue weighted by atomic mass is 9.81. The Labute approximate surface area is 319 Å². The number of quaternary nitrogens is 1. The molecule has 0 aliphatic carbocycles. The van der Waals surface area contributed by atoms with Gasteiger partial charge in [-0.3, -0.25) is 10.1 Å². The van der Waals surface area contributed by atoms with Crippen LogP contribution >= 0.6 is 11.3 Å². The summed E-state index contributed by atoms with van der Waals surface area (Å²) in [6, 6.07) is 18.3. The van der Waals surface area contributed by atoms with Crippen molar-refractivity contribution in [1.29, 1.82) is 5.26 Å². The lowest BCUT2D eigenvalue weighted by molar-refractivity contribution is -0.848. The Balaban J connectivity index is 1.28. The highest BCUT2D eigenvalue weighted by Crippen LogP contribution is 2.42. The van der Waals surface area contributed by atoms with E-state index in [-0.39, 0.29) is 45.0 Å². The maximum Gasteiger partial charge on any atom is 0.411 e. The number of carbonyl (C=O) groups excluding carboxylic acids is 3. The van der Waals surface area contributed by atoms with Crippen LogP contribution in [0.3, 0.4) is 0 Å². The molecule has 5 rings (SSSR count). The lowest BCUT2D eigenvalue weighted by Gasteiger charge is -2.38. The number of benzene rings is 3. The SMILES string of the molecule is CCOC(=O)N(C)CC(=O)OCc1ccccc1NC(=O)OCC[N+]1(C[C@](O)(c2cc(F)ccc2F)[C@@H](C)c2nc(-c3ccc(C#N)cc3)cs2)C=NC=N1. The van der Waals surface area contributed by atoms with Crippen LogP contribution in [-0.4, -0.2) is 90.3 Å². The molecule has 4 aromatic rings. The van der Waals surface area contributed by atoms with Gasteiger partial charge < -0.3 is 24.2 Å². The fraction of sp³-hybridized carbons (Fsp3) is 0.289. The van der Waals surface area contributed by atoms with Gasteiger partial charge in [0.05, 0.1) is 34.6 Å². The molecule has 0 saturated heterocycles. The third kappa shape index (κ3) is 9.92. The minimum Gasteiger partial charge on any atom is -0.459 e. The number of nitriles is 1. The zero-order valence-corrected chi connectivity index (χ0v) is 31.0. The number of carbonyl (C=O) groups is 3. The number of likely N-dealkylation sites (N-methyl/N-ethyl adjacent to an activating group) is 1. The van der Waals surface area contributed by atoms with Crippen molar-refractivity contribution in [2.24, 2.45) is 10.1 Å². The van der Waals surface area contributed by atoms with Gasteiger partial charge in [0.2, 0.25) is 6.34 Å². The number of para-hydroxylation sites is 1. The molecule has 2 amide bonds. The van der Waals surface area contributed by atoms with Crippen molar-refractivity contribution in [2.75, 3.05) is 45.2 Å². The molecule has 2 N–H and O–H groups in total. The van der Waals surface area contributed by atoms with Crippen molar-refractivity contribution in [3.63, 3.8) is 0 Å². The van der Waals surface area contributed by atoms with Gasteiger partial charge in [-0.2, -0.15) is 10.3 Å². The number of amides is 2. The topological polar surface area (TPSA) is 176 Å². The molecule has 0 bridgehead atoms. The number of rotatable bonds is 15. The molecule has 14 nitrogen and oxygen atoms in total. The summed E-state index contributed by atoms with van der Waals surface area (Å²) in [6.45, 7) is 2.25. The molecule has 1 unspecified atom stereocenters. The Morgan fingerprint density at radius 3 is 2.56 bits per heavy atom. The van der Waals surface area contributed by atoms with Gasteiger partial charge >= 0.3 is 18.2 Å². The molecular weight excluding hydrogens is 737 g/mol. The predicted octanol–water partition coefficient (Wildman–Crippen LogP) is 6.13. The first-order valence-corrected chi connectivity index (χ1v) is 17.9. The van der Waals surface area contributed by atoms with Crippen molar-refractivity contribution < 1.29 is 47.1 Å². The zero-order chi connectivity index (χ0) is 39.6. The molecule has 0 radical (unpaired) electrons. The molecule has 55 heavy (non-hydrogen) atoms. The third-order valence-electron chi connectivity index (χ3n) is 8.76. The number of nitrogens with one attached hydrogen (secondary N) is 1. The van der Waals surface area contributed by atoms with Gasteiger partial charge in [0.25, 0.3) is 0 Å². The number of esters is 1. The first-order valence-electron chi connectivity index (χ1n) is 17.0. The number of aliphatic hydroxyl groups is 1. The Kier molecular flexibility index (Phi) is 13.0. The Morgan fingerprint density at radius 1 is 1.09 bits per heavy atom. The molecule has 3 atom stereocenters. The summed E-state index contributed by atoms with van der Waals surface area (Å²) >= 11 is 1.23. The second-order valence-electron chi connectivity index (χ2n) is 12.5. The van der Waals surface area contributed by atoms with Crippen LogP contribution in [0.5, 0.6) is 0 Å². The molecule has 0 spiro atoms. The molecule has 1 aromatic heterocycles. The van der Waals surface area contributed by atoms with Crippen molar-refractivity contribution in [3.05, 3.63) is 105 Å². The highest BCUT2D eigenvalue weighted by Gasteiger charge is 2.49. The standard InChI is InChI=1S/C38H37F2N7O7S/c1-4-52-37(50)46(3)19-34(48)54-20-28-7-5-6-8-32(28)45-36(49)53-16-15-47(24-42-23-43-47)22-38(51,30-17-29(39)13-14-31(30)40)25(2)35-44-33(21-55-35)27-11-9-26(18-41)10-12-27/h5-14,17,21,23-25,51H,4,15-16,19-20,22H2,1-3H3/p+1/t25-,38+,47?/m0/s1. The van der Waals surface area contributed by atoms with Crippen molar-refractivity contribution in [2.45, 2.75) is 32.0 Å². The zero-order valence-electron chi connectivity index (χ0n) is 30.1. The molecule has 2 heterocycles. The van der Waals surface area contributed by atoms with Crippen LogP contribution in [0, 0.1) is 23.0 Å². The highest BCUT2D eigenvalue weighted by atomic mass is 32.1. The molecule has 1 aliphatic rings. The minimum absolute atomic E-state index is 0.0546. The third-order valence-corrected chi connectivity index (χ3v) is 9.79. The maximum absolute atomic E-state index is 15.5. The van der Waals surface area contributed by atoms with Crippen LogP contribution in [-0.2, 0) is 31.2 Å². The summed E-state index contributed by atoms with van der Waals surface area (Å²) in [7, 11) is 1.40. The second-order valence-corrected chi connectivity index (χ2v) is 13.4. The number of ether oxygens (including phenoxy) is 3. The van der Waals surface area contributed by atoms with Crippen molar-refractivity contribution in [1.82, 2.24) is 9.88 Å². The summed E-state index contributed by atoms with van der Waals surface area (Å²) < 4.78 is 45.4. The van der Waals surface area contributed by atoms with E-state index in [0.717, 1.165) is 28.7 Å². The van der Waals surface area contributed by atoms with E-state index in [0.29, 0.717) is 27.5 Å². The van der Waals surface area contributed by atoms with Crippen LogP contribution in [0.25, 0.3) is 11.3 Å². The summed E-state index contributed by atoms with van der Waals surface area (Å²) in [5.74, 6) is -3.20. The summed E-state index contributed by atoms with van der Waals surface area (Å²) in [5.41, 5.74) is 0.114. The first-order chi connectivity index (χ1) is 26.4. The Morgan fingerprint density at radius 2 is 1.85 bits per heavy atom. The van der Waals surface area contributed by atoms with E-state index in [4.69, 9.17) is 24.5 Å². The lowest BCUT2D eigenvalue weighted by Crippen LogP contribution is -2.54. The van der Waals surface area contributed by atoms with E-state index in [1.165, 1.54) is 31.1 Å². The fourth-order valence-electron chi connectivity index (χ4n) is 5.74. The van der Waals surface area contributed by atoms with Gasteiger partial charge in [0.1, 0.15) is 44.5 Å². The van der Waals surface area contributed by atoms with Crippen molar-refractivity contribution in [3.8, 4) is 17.3 Å². The van der Waals surface area contributed by atoms with Gasteiger partial charge in [-0.1, -0.05) is 42.4 Å². The fourth-order valence-corrected chi connectivity index (χ4v) is 6.71. The minimum atomic E-state index is -2.11. The number of aliphatic imine (C=N–C) groups is 1. The summed E-state index contributed by atoms with van der Waals surface area (Å²) in [5, 5.41) is 30.9. The number of hydrogen-bond donors (Lipinski definition) is 2. The van der Waals surface area contributed by atoms with Gasteiger partial charge in [-0.25, -0.2) is 23.4 Å². The van der Waals surface area contributed by atoms with Crippen LogP contribution < -0.4 is 5.32 Å². The molecule has 0 saturated carbocycles. The van der Waals surface area contributed by atoms with E-state index in [1.54, 1.807) is 67.8 Å². The number of halogens is 2. The molecule has 286 valence electrons. The normalized spacial score (nSPS) is 16.1. The summed E-state index contributed by atoms with van der Waals surface area (Å²) in [6.07, 6.45) is 1.14. The van der Waals surface area contributed by atoms with Gasteiger partial charge in [-0.05, 0) is 43.3 Å². The number of thiazole rings is 1. The molecule has 1 aliphatic heterocycles. The number of hydrogen-bond acceptors (Lipinski definition) is 12. The predicted molar refractivity (Wildman–Crippen MR) is 199 cm³/mol. The highest BCUT2D eigenvalue weighted by molar-refractivity contribution is 7.10. The molecule has 0 fully saturated rings.